The van der Waals surface area contributed by atoms with E-state index in [0.717, 1.165) is 5.75 Å². The van der Waals surface area contributed by atoms with Gasteiger partial charge < -0.3 is 9.15 Å². The van der Waals surface area contributed by atoms with E-state index in [1.54, 1.807) is 6.07 Å². The first-order chi connectivity index (χ1) is 9.91. The van der Waals surface area contributed by atoms with E-state index < -0.39 is 5.91 Å². The minimum atomic E-state index is -0.398. The van der Waals surface area contributed by atoms with Gasteiger partial charge in [0.15, 0.2) is 5.76 Å². The summed E-state index contributed by atoms with van der Waals surface area (Å²) in [5.74, 6) is 5.88. The number of nitrogen functional groups attached to an aromatic ring is 1. The number of amides is 1. The molecule has 1 aromatic carbocycles. The molecule has 0 aliphatic heterocycles. The van der Waals surface area contributed by atoms with Crippen molar-refractivity contribution in [3.63, 3.8) is 0 Å². The maximum atomic E-state index is 11.5. The van der Waals surface area contributed by atoms with E-state index in [2.05, 4.69) is 26.2 Å². The first kappa shape index (κ1) is 15.1. The molecule has 3 N–H and O–H groups in total. The summed E-state index contributed by atoms with van der Waals surface area (Å²) in [6.45, 7) is 6.64. The van der Waals surface area contributed by atoms with Crippen LogP contribution in [0.5, 0.6) is 5.75 Å². The number of hydrazine groups is 1. The van der Waals surface area contributed by atoms with Crippen molar-refractivity contribution in [3.8, 4) is 5.75 Å². The zero-order chi connectivity index (χ0) is 15.5. The largest absolute Gasteiger partial charge is 0.486 e. The minimum Gasteiger partial charge on any atom is -0.486 e. The summed E-state index contributed by atoms with van der Waals surface area (Å²) in [5, 5.41) is 0. The van der Waals surface area contributed by atoms with Crippen molar-refractivity contribution in [3.05, 3.63) is 53.5 Å². The van der Waals surface area contributed by atoms with E-state index in [1.165, 1.54) is 11.8 Å². The third kappa shape index (κ3) is 3.64. The number of furan rings is 1. The van der Waals surface area contributed by atoms with Gasteiger partial charge in [0.1, 0.15) is 12.4 Å². The van der Waals surface area contributed by atoms with Crippen LogP contribution in [0.2, 0.25) is 0 Å². The number of nitrogens with two attached hydrogens (primary N) is 1. The molecule has 21 heavy (non-hydrogen) atoms. The fourth-order valence-corrected chi connectivity index (χ4v) is 1.93. The SMILES string of the molecule is CC(C)(C)c1ccc(OCc2occc2C(=O)NN)cc1. The zero-order valence-electron chi connectivity index (χ0n) is 12.5. The van der Waals surface area contributed by atoms with Gasteiger partial charge in [-0.3, -0.25) is 10.2 Å². The second kappa shape index (κ2) is 6.01. The van der Waals surface area contributed by atoms with Gasteiger partial charge in [-0.05, 0) is 29.2 Å². The molecule has 0 radical (unpaired) electrons. The van der Waals surface area contributed by atoms with Gasteiger partial charge in [0.05, 0.1) is 11.8 Å². The molecule has 1 heterocycles. The quantitative estimate of drug-likeness (QED) is 0.515. The van der Waals surface area contributed by atoms with Crippen molar-refractivity contribution < 1.29 is 13.9 Å². The highest BCUT2D eigenvalue weighted by Gasteiger charge is 2.15. The smallest absolute Gasteiger partial charge is 0.268 e. The molecule has 0 fully saturated rings. The maximum absolute atomic E-state index is 11.5. The second-order valence-corrected chi connectivity index (χ2v) is 5.79. The number of carbonyl (C=O) groups is 1. The summed E-state index contributed by atoms with van der Waals surface area (Å²) in [4.78, 5) is 11.5. The zero-order valence-corrected chi connectivity index (χ0v) is 12.5. The van der Waals surface area contributed by atoms with Crippen LogP contribution in [0.3, 0.4) is 0 Å². The Morgan fingerprint density at radius 3 is 2.48 bits per heavy atom. The Kier molecular flexibility index (Phi) is 4.33. The average Bonchev–Trinajstić information content (AvgIpc) is 2.92. The first-order valence-corrected chi connectivity index (χ1v) is 6.72. The van der Waals surface area contributed by atoms with Crippen LogP contribution in [-0.4, -0.2) is 5.91 Å². The first-order valence-electron chi connectivity index (χ1n) is 6.72. The molecule has 112 valence electrons. The van der Waals surface area contributed by atoms with Crippen LogP contribution in [-0.2, 0) is 12.0 Å². The average molecular weight is 288 g/mol. The van der Waals surface area contributed by atoms with Crippen molar-refractivity contribution in [1.29, 1.82) is 0 Å². The molecule has 0 atom stereocenters. The van der Waals surface area contributed by atoms with Crippen molar-refractivity contribution in [2.75, 3.05) is 0 Å². The number of benzene rings is 1. The van der Waals surface area contributed by atoms with Crippen LogP contribution in [0.15, 0.2) is 41.0 Å². The monoisotopic (exact) mass is 288 g/mol. The number of rotatable bonds is 4. The molecular weight excluding hydrogens is 268 g/mol. The summed E-state index contributed by atoms with van der Waals surface area (Å²) in [5.41, 5.74) is 3.79. The van der Waals surface area contributed by atoms with Gasteiger partial charge >= 0.3 is 0 Å². The van der Waals surface area contributed by atoms with Crippen LogP contribution in [0.25, 0.3) is 0 Å². The summed E-state index contributed by atoms with van der Waals surface area (Å²) in [6, 6.07) is 9.44. The fourth-order valence-electron chi connectivity index (χ4n) is 1.93. The summed E-state index contributed by atoms with van der Waals surface area (Å²) < 4.78 is 10.9. The Bertz CT molecular complexity index is 609. The van der Waals surface area contributed by atoms with Crippen molar-refractivity contribution in [2.45, 2.75) is 32.8 Å². The standard InChI is InChI=1S/C16H20N2O3/c1-16(2,3)11-4-6-12(7-5-11)21-10-14-13(8-9-20-14)15(19)18-17/h4-9H,10,17H2,1-3H3,(H,18,19). The van der Waals surface area contributed by atoms with Crippen LogP contribution in [0.1, 0.15) is 42.5 Å². The lowest BCUT2D eigenvalue weighted by atomic mass is 9.87. The van der Waals surface area contributed by atoms with Gasteiger partial charge in [-0.1, -0.05) is 32.9 Å². The number of ether oxygens (including phenoxy) is 1. The van der Waals surface area contributed by atoms with E-state index in [0.29, 0.717) is 11.3 Å². The van der Waals surface area contributed by atoms with Crippen molar-refractivity contribution in [1.82, 2.24) is 5.43 Å². The van der Waals surface area contributed by atoms with Crippen LogP contribution < -0.4 is 16.0 Å². The lowest BCUT2D eigenvalue weighted by molar-refractivity contribution is 0.0949. The molecule has 5 heteroatoms. The lowest BCUT2D eigenvalue weighted by Gasteiger charge is -2.19. The van der Waals surface area contributed by atoms with Gasteiger partial charge in [0, 0.05) is 0 Å². The Balaban J connectivity index is 2.04. The second-order valence-electron chi connectivity index (χ2n) is 5.79. The maximum Gasteiger partial charge on any atom is 0.268 e. The Hall–Kier alpha value is -2.27. The van der Waals surface area contributed by atoms with Crippen molar-refractivity contribution in [2.24, 2.45) is 5.84 Å². The third-order valence-electron chi connectivity index (χ3n) is 3.21. The highest BCUT2D eigenvalue weighted by Crippen LogP contribution is 2.24. The van der Waals surface area contributed by atoms with Crippen LogP contribution >= 0.6 is 0 Å². The van der Waals surface area contributed by atoms with E-state index in [4.69, 9.17) is 15.0 Å². The Morgan fingerprint density at radius 1 is 1.24 bits per heavy atom. The predicted octanol–water partition coefficient (Wildman–Crippen LogP) is 2.76. The molecule has 0 aliphatic carbocycles. The minimum absolute atomic E-state index is 0.103. The molecule has 0 unspecified atom stereocenters. The van der Waals surface area contributed by atoms with Gasteiger partial charge in [-0.2, -0.15) is 0 Å². The third-order valence-corrected chi connectivity index (χ3v) is 3.21. The highest BCUT2D eigenvalue weighted by atomic mass is 16.5. The summed E-state index contributed by atoms with van der Waals surface area (Å²) in [6.07, 6.45) is 1.44. The van der Waals surface area contributed by atoms with Gasteiger partial charge in [-0.25, -0.2) is 5.84 Å². The van der Waals surface area contributed by atoms with Gasteiger partial charge in [0.2, 0.25) is 0 Å². The molecule has 0 bridgehead atoms. The summed E-state index contributed by atoms with van der Waals surface area (Å²) >= 11 is 0. The van der Waals surface area contributed by atoms with Crippen molar-refractivity contribution >= 4 is 5.91 Å². The number of carbonyl (C=O) groups excluding carboxylic acids is 1. The molecular formula is C16H20N2O3. The number of nitrogens with one attached hydrogen (secondary N) is 1. The number of hydrogen-bond acceptors (Lipinski definition) is 4. The molecule has 5 nitrogen and oxygen atoms in total. The normalized spacial score (nSPS) is 11.2. The van der Waals surface area contributed by atoms with E-state index >= 15 is 0 Å². The number of hydrogen-bond donors (Lipinski definition) is 2. The van der Waals surface area contributed by atoms with E-state index in [-0.39, 0.29) is 12.0 Å². The highest BCUT2D eigenvalue weighted by molar-refractivity contribution is 5.94. The molecule has 0 aliphatic rings. The Labute approximate surface area is 124 Å². The van der Waals surface area contributed by atoms with E-state index in [1.807, 2.05) is 24.3 Å². The van der Waals surface area contributed by atoms with E-state index in [9.17, 15) is 4.79 Å². The van der Waals surface area contributed by atoms with Gasteiger partial charge in [0.25, 0.3) is 5.91 Å². The molecule has 0 saturated carbocycles. The summed E-state index contributed by atoms with van der Waals surface area (Å²) in [7, 11) is 0. The lowest BCUT2D eigenvalue weighted by Crippen LogP contribution is -2.30. The fraction of sp³-hybridized carbons (Fsp3) is 0.312. The predicted molar refractivity (Wildman–Crippen MR) is 79.8 cm³/mol. The Morgan fingerprint density at radius 2 is 1.90 bits per heavy atom. The topological polar surface area (TPSA) is 77.5 Å². The van der Waals surface area contributed by atoms with Crippen LogP contribution in [0, 0.1) is 0 Å². The van der Waals surface area contributed by atoms with Gasteiger partial charge in [-0.15, -0.1) is 0 Å². The molecule has 2 rings (SSSR count). The molecule has 2 aromatic rings. The van der Waals surface area contributed by atoms with Crippen LogP contribution in [0.4, 0.5) is 0 Å². The molecule has 0 spiro atoms. The molecule has 1 amide bonds. The molecule has 0 saturated heterocycles. The molecule has 1 aromatic heterocycles.